The Morgan fingerprint density at radius 1 is 1.32 bits per heavy atom. The Hall–Kier alpha value is -2.15. The van der Waals surface area contributed by atoms with E-state index in [1.165, 1.54) is 0 Å². The molecule has 0 aliphatic heterocycles. The minimum atomic E-state index is -0.257. The van der Waals surface area contributed by atoms with Crippen LogP contribution < -0.4 is 10.6 Å². The van der Waals surface area contributed by atoms with Crippen molar-refractivity contribution in [2.75, 3.05) is 6.61 Å². The summed E-state index contributed by atoms with van der Waals surface area (Å²) in [6, 6.07) is 5.15. The quantitative estimate of drug-likeness (QED) is 0.725. The molecular formula is C15H23N5O2. The second-order valence-electron chi connectivity index (χ2n) is 5.36. The molecule has 22 heavy (non-hydrogen) atoms. The third-order valence-electron chi connectivity index (χ3n) is 3.47. The lowest BCUT2D eigenvalue weighted by atomic mass is 10.1. The Bertz CT molecular complexity index is 613. The number of aliphatic hydroxyl groups is 1. The summed E-state index contributed by atoms with van der Waals surface area (Å²) in [4.78, 5) is 12.1. The summed E-state index contributed by atoms with van der Waals surface area (Å²) in [5, 5.41) is 23.0. The SMILES string of the molecule is CCCC(NC(=O)N[C@H](C)CCO)c1nnc2ccccn12. The molecular weight excluding hydrogens is 282 g/mol. The van der Waals surface area contributed by atoms with E-state index in [0.717, 1.165) is 24.3 Å². The Morgan fingerprint density at radius 2 is 2.14 bits per heavy atom. The van der Waals surface area contributed by atoms with Gasteiger partial charge in [-0.25, -0.2) is 4.79 Å². The molecule has 0 aliphatic carbocycles. The van der Waals surface area contributed by atoms with Gasteiger partial charge in [-0.15, -0.1) is 10.2 Å². The lowest BCUT2D eigenvalue weighted by Gasteiger charge is -2.19. The fraction of sp³-hybridized carbons (Fsp3) is 0.533. The highest BCUT2D eigenvalue weighted by Gasteiger charge is 2.20. The zero-order valence-corrected chi connectivity index (χ0v) is 13.0. The molecule has 2 heterocycles. The first-order valence-corrected chi connectivity index (χ1v) is 7.63. The predicted octanol–water partition coefficient (Wildman–Crippen LogP) is 1.64. The van der Waals surface area contributed by atoms with Crippen molar-refractivity contribution in [3.63, 3.8) is 0 Å². The van der Waals surface area contributed by atoms with Gasteiger partial charge in [0.25, 0.3) is 0 Å². The number of carbonyl (C=O) groups excluding carboxylic acids is 1. The van der Waals surface area contributed by atoms with Crippen LogP contribution in [0.15, 0.2) is 24.4 Å². The molecule has 0 aromatic carbocycles. The van der Waals surface area contributed by atoms with Gasteiger partial charge in [-0.1, -0.05) is 19.4 Å². The van der Waals surface area contributed by atoms with Gasteiger partial charge in [-0.3, -0.25) is 4.40 Å². The van der Waals surface area contributed by atoms with Gasteiger partial charge in [0.1, 0.15) is 0 Å². The van der Waals surface area contributed by atoms with Crippen LogP contribution in [0.25, 0.3) is 5.65 Å². The van der Waals surface area contributed by atoms with Gasteiger partial charge in [-0.2, -0.15) is 0 Å². The average molecular weight is 305 g/mol. The van der Waals surface area contributed by atoms with Crippen LogP contribution in [0.3, 0.4) is 0 Å². The minimum absolute atomic E-state index is 0.0502. The Balaban J connectivity index is 2.11. The summed E-state index contributed by atoms with van der Waals surface area (Å²) in [6.07, 6.45) is 4.11. The number of aliphatic hydroxyl groups excluding tert-OH is 1. The summed E-state index contributed by atoms with van der Waals surface area (Å²) >= 11 is 0. The first-order chi connectivity index (χ1) is 10.7. The van der Waals surface area contributed by atoms with Crippen molar-refractivity contribution in [3.8, 4) is 0 Å². The molecule has 0 saturated heterocycles. The topological polar surface area (TPSA) is 91.5 Å². The molecule has 7 nitrogen and oxygen atoms in total. The summed E-state index contributed by atoms with van der Waals surface area (Å²) < 4.78 is 1.89. The number of hydrogen-bond acceptors (Lipinski definition) is 4. The van der Waals surface area contributed by atoms with Gasteiger partial charge in [0.15, 0.2) is 11.5 Å². The number of carbonyl (C=O) groups is 1. The van der Waals surface area contributed by atoms with Gasteiger partial charge in [-0.05, 0) is 31.9 Å². The van der Waals surface area contributed by atoms with E-state index in [-0.39, 0.29) is 24.7 Å². The normalized spacial score (nSPS) is 13.8. The van der Waals surface area contributed by atoms with Crippen LogP contribution in [0, 0.1) is 0 Å². The summed E-state index contributed by atoms with van der Waals surface area (Å²) in [5.41, 5.74) is 0.759. The Kier molecular flexibility index (Phi) is 5.71. The molecule has 2 aromatic rings. The monoisotopic (exact) mass is 305 g/mol. The van der Waals surface area contributed by atoms with E-state index in [0.29, 0.717) is 6.42 Å². The van der Waals surface area contributed by atoms with Crippen LogP contribution >= 0.6 is 0 Å². The lowest BCUT2D eigenvalue weighted by molar-refractivity contribution is 0.226. The molecule has 1 unspecified atom stereocenters. The first-order valence-electron chi connectivity index (χ1n) is 7.63. The van der Waals surface area contributed by atoms with Crippen molar-refractivity contribution in [2.24, 2.45) is 0 Å². The first kappa shape index (κ1) is 16.2. The summed E-state index contributed by atoms with van der Waals surface area (Å²) in [7, 11) is 0. The average Bonchev–Trinajstić information content (AvgIpc) is 2.90. The van der Waals surface area contributed by atoms with E-state index in [2.05, 4.69) is 27.8 Å². The predicted molar refractivity (Wildman–Crippen MR) is 83.5 cm³/mol. The largest absolute Gasteiger partial charge is 0.396 e. The highest BCUT2D eigenvalue weighted by molar-refractivity contribution is 5.74. The maximum absolute atomic E-state index is 12.1. The van der Waals surface area contributed by atoms with Gasteiger partial charge in [0, 0.05) is 18.8 Å². The molecule has 2 rings (SSSR count). The molecule has 0 bridgehead atoms. The van der Waals surface area contributed by atoms with Crippen LogP contribution in [-0.4, -0.2) is 38.4 Å². The second kappa shape index (κ2) is 7.74. The highest BCUT2D eigenvalue weighted by atomic mass is 16.3. The number of rotatable bonds is 7. The van der Waals surface area contributed by atoms with Gasteiger partial charge in [0.2, 0.25) is 0 Å². The van der Waals surface area contributed by atoms with E-state index in [1.54, 1.807) is 0 Å². The number of amides is 2. The second-order valence-corrected chi connectivity index (χ2v) is 5.36. The van der Waals surface area contributed by atoms with E-state index < -0.39 is 0 Å². The molecule has 0 saturated carbocycles. The van der Waals surface area contributed by atoms with E-state index in [9.17, 15) is 4.79 Å². The molecule has 3 N–H and O–H groups in total. The standard InChI is InChI=1S/C15H23N5O2/c1-3-6-12(17-15(22)16-11(2)8-10-21)14-19-18-13-7-4-5-9-20(13)14/h4-5,7,9,11-12,21H,3,6,8,10H2,1-2H3,(H2,16,17,22)/t11-,12?/m1/s1. The smallest absolute Gasteiger partial charge is 0.315 e. The molecule has 7 heteroatoms. The molecule has 0 aliphatic rings. The number of fused-ring (bicyclic) bond motifs is 1. The van der Waals surface area contributed by atoms with Crippen LogP contribution in [-0.2, 0) is 0 Å². The molecule has 2 amide bonds. The van der Waals surface area contributed by atoms with Gasteiger partial charge in [0.05, 0.1) is 6.04 Å². The minimum Gasteiger partial charge on any atom is -0.396 e. The van der Waals surface area contributed by atoms with E-state index in [1.807, 2.05) is 35.7 Å². The Labute approximate surface area is 129 Å². The molecule has 0 radical (unpaired) electrons. The van der Waals surface area contributed by atoms with Crippen LogP contribution in [0.2, 0.25) is 0 Å². The molecule has 2 aromatic heterocycles. The molecule has 0 spiro atoms. The summed E-state index contributed by atoms with van der Waals surface area (Å²) in [6.45, 7) is 3.97. The van der Waals surface area contributed by atoms with Gasteiger partial charge < -0.3 is 15.7 Å². The highest BCUT2D eigenvalue weighted by Crippen LogP contribution is 2.17. The van der Waals surface area contributed by atoms with Crippen molar-refractivity contribution in [2.45, 2.75) is 45.2 Å². The van der Waals surface area contributed by atoms with Crippen molar-refractivity contribution >= 4 is 11.7 Å². The zero-order valence-electron chi connectivity index (χ0n) is 13.0. The third kappa shape index (κ3) is 3.94. The number of nitrogens with one attached hydrogen (secondary N) is 2. The van der Waals surface area contributed by atoms with Crippen molar-refractivity contribution in [1.29, 1.82) is 0 Å². The maximum atomic E-state index is 12.1. The van der Waals surface area contributed by atoms with Gasteiger partial charge >= 0.3 is 6.03 Å². The maximum Gasteiger partial charge on any atom is 0.315 e. The zero-order chi connectivity index (χ0) is 15.9. The fourth-order valence-electron chi connectivity index (χ4n) is 2.34. The number of hydrogen-bond donors (Lipinski definition) is 3. The number of aromatic nitrogens is 3. The van der Waals surface area contributed by atoms with Crippen LogP contribution in [0.4, 0.5) is 4.79 Å². The summed E-state index contributed by atoms with van der Waals surface area (Å²) in [5.74, 6) is 0.724. The Morgan fingerprint density at radius 3 is 2.86 bits per heavy atom. The van der Waals surface area contributed by atoms with E-state index in [4.69, 9.17) is 5.11 Å². The van der Waals surface area contributed by atoms with Crippen LogP contribution in [0.5, 0.6) is 0 Å². The molecule has 0 fully saturated rings. The lowest BCUT2D eigenvalue weighted by Crippen LogP contribution is -2.43. The molecule has 120 valence electrons. The van der Waals surface area contributed by atoms with E-state index >= 15 is 0 Å². The fourth-order valence-corrected chi connectivity index (χ4v) is 2.34. The van der Waals surface area contributed by atoms with Crippen LogP contribution in [0.1, 0.15) is 45.0 Å². The number of urea groups is 1. The number of pyridine rings is 1. The van der Waals surface area contributed by atoms with Crippen molar-refractivity contribution < 1.29 is 9.90 Å². The van der Waals surface area contributed by atoms with Crippen molar-refractivity contribution in [1.82, 2.24) is 25.2 Å². The molecule has 2 atom stereocenters. The third-order valence-corrected chi connectivity index (χ3v) is 3.47. The van der Waals surface area contributed by atoms with Crippen molar-refractivity contribution in [3.05, 3.63) is 30.2 Å². The number of nitrogens with zero attached hydrogens (tertiary/aromatic N) is 3.